The Labute approximate surface area is 130 Å². The van der Waals surface area contributed by atoms with Gasteiger partial charge in [0.2, 0.25) is 0 Å². The minimum Gasteiger partial charge on any atom is -0.448 e. The number of rotatable bonds is 2. The van der Waals surface area contributed by atoms with Crippen molar-refractivity contribution < 1.29 is 13.4 Å². The standard InChI is InChI=1S/C14H21ClN2O3S/c1-16-21(18)8-4-14(5-9-21)11-17(6-7-19-14)10-12-2-3-13(15)20-12/h2-3H,4-11H2,1H3. The number of furan rings is 1. The summed E-state index contributed by atoms with van der Waals surface area (Å²) < 4.78 is 27.9. The van der Waals surface area contributed by atoms with E-state index in [0.717, 1.165) is 38.2 Å². The predicted octanol–water partition coefficient (Wildman–Crippen LogP) is 2.40. The molecule has 2 saturated heterocycles. The maximum atomic E-state index is 12.3. The summed E-state index contributed by atoms with van der Waals surface area (Å²) in [6.07, 6.45) is 1.64. The SMILES string of the molecule is CN=S1(=O)CCC2(CC1)CN(Cc1ccc(Cl)o1)CCO2. The first kappa shape index (κ1) is 15.3. The summed E-state index contributed by atoms with van der Waals surface area (Å²) in [4.78, 5) is 2.33. The van der Waals surface area contributed by atoms with E-state index in [9.17, 15) is 4.21 Å². The van der Waals surface area contributed by atoms with Crippen LogP contribution in [0.15, 0.2) is 20.9 Å². The van der Waals surface area contributed by atoms with Gasteiger partial charge in [0.15, 0.2) is 5.22 Å². The van der Waals surface area contributed by atoms with Gasteiger partial charge in [0.1, 0.15) is 5.76 Å². The molecular formula is C14H21ClN2O3S. The molecule has 2 aliphatic rings. The quantitative estimate of drug-likeness (QED) is 0.834. The molecule has 0 aromatic carbocycles. The third kappa shape index (κ3) is 3.44. The number of hydrogen-bond acceptors (Lipinski definition) is 5. The lowest BCUT2D eigenvalue weighted by Crippen LogP contribution is -2.54. The van der Waals surface area contributed by atoms with Crippen LogP contribution in [0.4, 0.5) is 0 Å². The molecule has 5 nitrogen and oxygen atoms in total. The Hall–Kier alpha value is -0.560. The van der Waals surface area contributed by atoms with E-state index in [-0.39, 0.29) is 5.60 Å². The lowest BCUT2D eigenvalue weighted by Gasteiger charge is -2.45. The van der Waals surface area contributed by atoms with Crippen LogP contribution in [-0.4, -0.2) is 53.0 Å². The molecule has 0 unspecified atom stereocenters. The van der Waals surface area contributed by atoms with Crippen molar-refractivity contribution in [3.8, 4) is 0 Å². The Bertz CT molecular complexity index is 607. The molecule has 0 radical (unpaired) electrons. The summed E-state index contributed by atoms with van der Waals surface area (Å²) >= 11 is 5.82. The second-order valence-corrected chi connectivity index (χ2v) is 8.91. The topological polar surface area (TPSA) is 55.0 Å². The van der Waals surface area contributed by atoms with Gasteiger partial charge in [-0.25, -0.2) is 8.57 Å². The zero-order chi connectivity index (χ0) is 14.9. The van der Waals surface area contributed by atoms with Crippen LogP contribution in [0.2, 0.25) is 5.22 Å². The van der Waals surface area contributed by atoms with Crippen molar-refractivity contribution >= 4 is 21.3 Å². The molecule has 0 N–H and O–H groups in total. The monoisotopic (exact) mass is 332 g/mol. The summed E-state index contributed by atoms with van der Waals surface area (Å²) in [5.74, 6) is 2.16. The number of morpholine rings is 1. The molecule has 21 heavy (non-hydrogen) atoms. The molecular weight excluding hydrogens is 312 g/mol. The first-order chi connectivity index (χ1) is 10.0. The highest BCUT2D eigenvalue weighted by Crippen LogP contribution is 2.32. The summed E-state index contributed by atoms with van der Waals surface area (Å²) in [6, 6.07) is 3.68. The van der Waals surface area contributed by atoms with Crippen molar-refractivity contribution in [2.24, 2.45) is 4.36 Å². The van der Waals surface area contributed by atoms with Crippen LogP contribution in [0.3, 0.4) is 0 Å². The first-order valence-electron chi connectivity index (χ1n) is 7.24. The Morgan fingerprint density at radius 2 is 2.19 bits per heavy atom. The van der Waals surface area contributed by atoms with Crippen LogP contribution in [0, 0.1) is 0 Å². The van der Waals surface area contributed by atoms with Gasteiger partial charge >= 0.3 is 0 Å². The van der Waals surface area contributed by atoms with Gasteiger partial charge in [-0.05, 0) is 36.6 Å². The first-order valence-corrected chi connectivity index (χ1v) is 9.47. The van der Waals surface area contributed by atoms with E-state index in [2.05, 4.69) is 9.26 Å². The van der Waals surface area contributed by atoms with Gasteiger partial charge in [-0.2, -0.15) is 0 Å². The van der Waals surface area contributed by atoms with E-state index in [0.29, 0.717) is 23.3 Å². The number of ether oxygens (including phenoxy) is 1. The zero-order valence-electron chi connectivity index (χ0n) is 12.2. The lowest BCUT2D eigenvalue weighted by molar-refractivity contribution is -0.116. The molecule has 0 aliphatic carbocycles. The van der Waals surface area contributed by atoms with E-state index >= 15 is 0 Å². The van der Waals surface area contributed by atoms with Crippen LogP contribution in [0.5, 0.6) is 0 Å². The maximum absolute atomic E-state index is 12.3. The largest absolute Gasteiger partial charge is 0.448 e. The molecule has 0 atom stereocenters. The number of halogens is 1. The van der Waals surface area contributed by atoms with E-state index in [1.165, 1.54) is 0 Å². The van der Waals surface area contributed by atoms with E-state index in [4.69, 9.17) is 20.8 Å². The number of nitrogens with zero attached hydrogens (tertiary/aromatic N) is 2. The van der Waals surface area contributed by atoms with Gasteiger partial charge in [-0.1, -0.05) is 0 Å². The van der Waals surface area contributed by atoms with Crippen molar-refractivity contribution in [1.29, 1.82) is 0 Å². The molecule has 1 aromatic heterocycles. The van der Waals surface area contributed by atoms with Gasteiger partial charge < -0.3 is 9.15 Å². The molecule has 1 spiro atoms. The Morgan fingerprint density at radius 1 is 1.43 bits per heavy atom. The van der Waals surface area contributed by atoms with Crippen molar-refractivity contribution in [2.45, 2.75) is 25.0 Å². The van der Waals surface area contributed by atoms with Gasteiger partial charge in [0, 0.05) is 41.4 Å². The molecule has 1 aromatic rings. The average Bonchev–Trinajstić information content (AvgIpc) is 2.88. The minimum atomic E-state index is -1.99. The predicted molar refractivity (Wildman–Crippen MR) is 83.1 cm³/mol. The molecule has 118 valence electrons. The van der Waals surface area contributed by atoms with Crippen LogP contribution >= 0.6 is 11.6 Å². The van der Waals surface area contributed by atoms with Gasteiger partial charge in [-0.15, -0.1) is 0 Å². The molecule has 3 rings (SSSR count). The Balaban J connectivity index is 1.65. The normalized spacial score (nSPS) is 34.2. The van der Waals surface area contributed by atoms with Crippen LogP contribution in [0.25, 0.3) is 0 Å². The highest BCUT2D eigenvalue weighted by Gasteiger charge is 2.41. The van der Waals surface area contributed by atoms with E-state index in [1.807, 2.05) is 6.07 Å². The molecule has 2 fully saturated rings. The highest BCUT2D eigenvalue weighted by atomic mass is 35.5. The van der Waals surface area contributed by atoms with Gasteiger partial charge in [0.25, 0.3) is 0 Å². The molecule has 7 heteroatoms. The van der Waals surface area contributed by atoms with E-state index in [1.54, 1.807) is 13.1 Å². The van der Waals surface area contributed by atoms with Gasteiger partial charge in [0.05, 0.1) is 18.8 Å². The van der Waals surface area contributed by atoms with Crippen LogP contribution in [-0.2, 0) is 21.0 Å². The van der Waals surface area contributed by atoms with Crippen molar-refractivity contribution in [1.82, 2.24) is 4.90 Å². The van der Waals surface area contributed by atoms with Crippen molar-refractivity contribution in [3.63, 3.8) is 0 Å². The molecule has 3 heterocycles. The smallest absolute Gasteiger partial charge is 0.193 e. The molecule has 0 saturated carbocycles. The van der Waals surface area contributed by atoms with Crippen LogP contribution in [0.1, 0.15) is 18.6 Å². The Kier molecular flexibility index (Phi) is 4.32. The summed E-state index contributed by atoms with van der Waals surface area (Å²) in [5.41, 5.74) is -0.166. The molecule has 0 amide bonds. The lowest BCUT2D eigenvalue weighted by atomic mass is 9.94. The van der Waals surface area contributed by atoms with Crippen LogP contribution < -0.4 is 0 Å². The van der Waals surface area contributed by atoms with Gasteiger partial charge in [-0.3, -0.25) is 4.90 Å². The summed E-state index contributed by atoms with van der Waals surface area (Å²) in [5, 5.41) is 0.426. The fourth-order valence-electron chi connectivity index (χ4n) is 3.12. The second kappa shape index (κ2) is 5.91. The third-order valence-corrected chi connectivity index (χ3v) is 6.97. The van der Waals surface area contributed by atoms with Crippen molar-refractivity contribution in [3.05, 3.63) is 23.1 Å². The summed E-state index contributed by atoms with van der Waals surface area (Å²) in [6.45, 7) is 3.18. The fourth-order valence-corrected chi connectivity index (χ4v) is 5.23. The zero-order valence-corrected chi connectivity index (χ0v) is 13.8. The fraction of sp³-hybridized carbons (Fsp3) is 0.714. The second-order valence-electron chi connectivity index (χ2n) is 5.81. The summed E-state index contributed by atoms with van der Waals surface area (Å²) in [7, 11) is -0.324. The molecule has 0 bridgehead atoms. The third-order valence-electron chi connectivity index (χ3n) is 4.42. The minimum absolute atomic E-state index is 0.166. The average molecular weight is 333 g/mol. The maximum Gasteiger partial charge on any atom is 0.193 e. The number of hydrogen-bond donors (Lipinski definition) is 0. The highest BCUT2D eigenvalue weighted by molar-refractivity contribution is 7.93. The van der Waals surface area contributed by atoms with Crippen molar-refractivity contribution in [2.75, 3.05) is 38.2 Å². The molecule has 2 aliphatic heterocycles. The van der Waals surface area contributed by atoms with E-state index < -0.39 is 9.73 Å². The Morgan fingerprint density at radius 3 is 2.81 bits per heavy atom.